The molecule has 2 rings (SSSR count). The zero-order valence-electron chi connectivity index (χ0n) is 11.8. The molecule has 0 aliphatic carbocycles. The number of carbonyl (C=O) groups is 2. The predicted octanol–water partition coefficient (Wildman–Crippen LogP) is 1.75. The largest absolute Gasteiger partial charge is 0.456 e. The van der Waals surface area contributed by atoms with Gasteiger partial charge in [0.2, 0.25) is 0 Å². The Morgan fingerprint density at radius 1 is 1.43 bits per heavy atom. The van der Waals surface area contributed by atoms with E-state index >= 15 is 0 Å². The molecule has 1 heterocycles. The Hall–Kier alpha value is -1.18. The molecule has 0 amide bonds. The molecule has 112 valence electrons. The van der Waals surface area contributed by atoms with Crippen LogP contribution in [0.1, 0.15) is 23.2 Å². The molecule has 0 aromatic heterocycles. The number of rotatable bonds is 5. The highest BCUT2D eigenvalue weighted by Crippen LogP contribution is 2.19. The summed E-state index contributed by atoms with van der Waals surface area (Å²) in [7, 11) is -0.688. The van der Waals surface area contributed by atoms with Crippen LogP contribution in [0.5, 0.6) is 0 Å². The lowest BCUT2D eigenvalue weighted by molar-refractivity contribution is -0.146. The molecule has 0 spiro atoms. The number of ether oxygens (including phenoxy) is 1. The van der Waals surface area contributed by atoms with Gasteiger partial charge in [-0.25, -0.2) is 0 Å². The molecule has 1 N–H and O–H groups in total. The monoisotopic (exact) mass is 353 g/mol. The van der Waals surface area contributed by atoms with Gasteiger partial charge in [0.05, 0.1) is 0 Å². The Bertz CT molecular complexity index is 520. The Morgan fingerprint density at radius 2 is 2.10 bits per heavy atom. The molecular weight excluding hydrogens is 337 g/mol. The highest BCUT2D eigenvalue weighted by Gasteiger charge is 2.36. The van der Waals surface area contributed by atoms with Gasteiger partial charge in [0, 0.05) is 10.0 Å². The van der Waals surface area contributed by atoms with Crippen molar-refractivity contribution in [3.8, 4) is 0 Å². The summed E-state index contributed by atoms with van der Waals surface area (Å²) in [6.07, 6.45) is 1.49. The average molecular weight is 354 g/mol. The first-order valence-electron chi connectivity index (χ1n) is 6.88. The number of hydrogen-bond acceptors (Lipinski definition) is 5. The second kappa shape index (κ2) is 7.20. The van der Waals surface area contributed by atoms with Crippen LogP contribution in [0.15, 0.2) is 28.7 Å². The minimum Gasteiger partial charge on any atom is -0.456 e. The molecule has 1 aliphatic heterocycles. The van der Waals surface area contributed by atoms with Crippen LogP contribution < -0.4 is 0 Å². The van der Waals surface area contributed by atoms with Crippen molar-refractivity contribution in [2.24, 2.45) is 0 Å². The van der Waals surface area contributed by atoms with Crippen molar-refractivity contribution in [1.29, 1.82) is 0 Å². The fraction of sp³-hybridized carbons (Fsp3) is 0.429. The second-order valence-corrected chi connectivity index (χ2v) is 5.98. The van der Waals surface area contributed by atoms with E-state index in [4.69, 9.17) is 4.74 Å². The summed E-state index contributed by atoms with van der Waals surface area (Å²) in [6, 6.07) is 6.43. The minimum atomic E-state index is -0.688. The third-order valence-electron chi connectivity index (χ3n) is 3.56. The van der Waals surface area contributed by atoms with Gasteiger partial charge in [-0.15, -0.1) is 0 Å². The summed E-state index contributed by atoms with van der Waals surface area (Å²) in [4.78, 5) is 25.6. The van der Waals surface area contributed by atoms with Gasteiger partial charge in [-0.1, -0.05) is 28.1 Å². The summed E-state index contributed by atoms with van der Waals surface area (Å²) in [6.45, 7) is 2.02. The van der Waals surface area contributed by atoms with Crippen LogP contribution in [0.25, 0.3) is 0 Å². The van der Waals surface area contributed by atoms with E-state index in [-0.39, 0.29) is 12.4 Å². The third-order valence-corrected chi connectivity index (χ3v) is 4.09. The fourth-order valence-electron chi connectivity index (χ4n) is 2.44. The molecule has 0 saturated carbocycles. The maximum absolute atomic E-state index is 12.0. The van der Waals surface area contributed by atoms with Crippen molar-refractivity contribution in [1.82, 2.24) is 4.81 Å². The van der Waals surface area contributed by atoms with Crippen molar-refractivity contribution >= 4 is 34.7 Å². The van der Waals surface area contributed by atoms with Gasteiger partial charge in [-0.05, 0) is 38.3 Å². The smallest absolute Gasteiger partial charge is 0.377 e. The molecule has 0 bridgehead atoms. The number of nitrogens with zero attached hydrogens (tertiary/aromatic N) is 1. The molecule has 7 heteroatoms. The van der Waals surface area contributed by atoms with Gasteiger partial charge in [0.15, 0.2) is 12.4 Å². The van der Waals surface area contributed by atoms with E-state index in [9.17, 15) is 14.6 Å². The van der Waals surface area contributed by atoms with Gasteiger partial charge in [-0.2, -0.15) is 0 Å². The number of benzene rings is 1. The number of carbonyl (C=O) groups excluding carboxylic acids is 2. The Labute approximate surface area is 132 Å². The van der Waals surface area contributed by atoms with Crippen molar-refractivity contribution in [3.63, 3.8) is 0 Å². The Kier molecular flexibility index (Phi) is 5.55. The van der Waals surface area contributed by atoms with Crippen molar-refractivity contribution in [2.75, 3.05) is 13.2 Å². The van der Waals surface area contributed by atoms with Gasteiger partial charge >= 0.3 is 13.0 Å². The maximum atomic E-state index is 12.0. The lowest BCUT2D eigenvalue weighted by Gasteiger charge is -2.23. The topological polar surface area (TPSA) is 66.8 Å². The predicted molar refractivity (Wildman–Crippen MR) is 83.0 cm³/mol. The van der Waals surface area contributed by atoms with E-state index in [1.165, 1.54) is 0 Å². The summed E-state index contributed by atoms with van der Waals surface area (Å²) in [5, 5.41) is 9.60. The zero-order chi connectivity index (χ0) is 15.4. The van der Waals surface area contributed by atoms with Crippen LogP contribution in [0.4, 0.5) is 0 Å². The number of hydrogen-bond donors (Lipinski definition) is 1. The highest BCUT2D eigenvalue weighted by molar-refractivity contribution is 9.10. The lowest BCUT2D eigenvalue weighted by Crippen LogP contribution is -2.45. The summed E-state index contributed by atoms with van der Waals surface area (Å²) in [5.74, 6) is -0.684. The quantitative estimate of drug-likeness (QED) is 0.496. The minimum absolute atomic E-state index is 0.238. The summed E-state index contributed by atoms with van der Waals surface area (Å²) in [5.41, 5.74) is 0.504. The van der Waals surface area contributed by atoms with E-state index in [1.54, 1.807) is 35.9 Å². The SMILES string of the molecule is CB(O)N1CCCC1C(=O)OCC(=O)c1ccc(Br)cc1. The van der Waals surface area contributed by atoms with E-state index in [2.05, 4.69) is 15.9 Å². The van der Waals surface area contributed by atoms with Gasteiger partial charge < -0.3 is 14.6 Å². The molecule has 5 nitrogen and oxygen atoms in total. The molecular formula is C14H17BBrNO4. The van der Waals surface area contributed by atoms with Crippen molar-refractivity contribution in [3.05, 3.63) is 34.3 Å². The van der Waals surface area contributed by atoms with Crippen molar-refractivity contribution in [2.45, 2.75) is 25.7 Å². The first-order valence-corrected chi connectivity index (χ1v) is 7.67. The zero-order valence-corrected chi connectivity index (χ0v) is 13.4. The van der Waals surface area contributed by atoms with Crippen LogP contribution in [0.2, 0.25) is 6.82 Å². The van der Waals surface area contributed by atoms with Crippen LogP contribution in [0, 0.1) is 0 Å². The van der Waals surface area contributed by atoms with Gasteiger partial charge in [-0.3, -0.25) is 9.59 Å². The van der Waals surface area contributed by atoms with Crippen LogP contribution in [0.3, 0.4) is 0 Å². The molecule has 1 unspecified atom stereocenters. The summed E-state index contributed by atoms with van der Waals surface area (Å²) < 4.78 is 5.98. The van der Waals surface area contributed by atoms with Crippen LogP contribution in [-0.4, -0.2) is 47.8 Å². The molecule has 1 fully saturated rings. The molecule has 1 aliphatic rings. The molecule has 21 heavy (non-hydrogen) atoms. The van der Waals surface area contributed by atoms with Crippen molar-refractivity contribution < 1.29 is 19.3 Å². The van der Waals surface area contributed by atoms with E-state index in [1.807, 2.05) is 0 Å². The Morgan fingerprint density at radius 3 is 2.71 bits per heavy atom. The summed E-state index contributed by atoms with van der Waals surface area (Å²) >= 11 is 3.30. The number of ketones is 1. The first-order chi connectivity index (χ1) is 9.99. The number of Topliss-reactive ketones (excluding diaryl/α,β-unsaturated/α-hetero) is 1. The van der Waals surface area contributed by atoms with Gasteiger partial charge in [0.25, 0.3) is 0 Å². The maximum Gasteiger partial charge on any atom is 0.377 e. The first kappa shape index (κ1) is 16.2. The highest BCUT2D eigenvalue weighted by atomic mass is 79.9. The molecule has 1 aromatic rings. The van der Waals surface area contributed by atoms with Crippen LogP contribution >= 0.6 is 15.9 Å². The normalized spacial score (nSPS) is 18.5. The average Bonchev–Trinajstić information content (AvgIpc) is 2.95. The fourth-order valence-corrected chi connectivity index (χ4v) is 2.71. The molecule has 0 radical (unpaired) electrons. The second-order valence-electron chi connectivity index (χ2n) is 5.07. The molecule has 1 aromatic carbocycles. The molecule has 1 saturated heterocycles. The number of esters is 1. The standard InChI is InChI=1S/C14H17BBrNO4/c1-15(20)17-8-2-3-12(17)14(19)21-9-13(18)10-4-6-11(16)7-5-10/h4-7,12,20H,2-3,8-9H2,1H3. The Balaban J connectivity index is 1.89. The van der Waals surface area contributed by atoms with E-state index < -0.39 is 19.1 Å². The van der Waals surface area contributed by atoms with E-state index in [0.717, 1.165) is 10.9 Å². The van der Waals surface area contributed by atoms with Gasteiger partial charge in [0.1, 0.15) is 6.04 Å². The number of halogens is 1. The van der Waals surface area contributed by atoms with Crippen LogP contribution in [-0.2, 0) is 9.53 Å². The third kappa shape index (κ3) is 4.15. The molecule has 1 atom stereocenters. The lowest BCUT2D eigenvalue weighted by atomic mass is 9.84. The van der Waals surface area contributed by atoms with E-state index in [0.29, 0.717) is 18.5 Å².